The minimum Gasteiger partial charge on any atom is -0.317 e. The van der Waals surface area contributed by atoms with Gasteiger partial charge < -0.3 is 9.13 Å². The highest BCUT2D eigenvalue weighted by Crippen LogP contribution is 2.55. The summed E-state index contributed by atoms with van der Waals surface area (Å²) in [6, 6.07) is 64.8. The van der Waals surface area contributed by atoms with Gasteiger partial charge in [0.05, 0.1) is 56.5 Å². The molecule has 5 nitrogen and oxygen atoms in total. The zero-order valence-corrected chi connectivity index (χ0v) is 37.6. The van der Waals surface area contributed by atoms with E-state index in [0.29, 0.717) is 22.5 Å². The Morgan fingerprint density at radius 2 is 1.04 bits per heavy atom. The van der Waals surface area contributed by atoms with E-state index >= 15 is 0 Å². The molecule has 15 aromatic rings. The molecule has 68 heavy (non-hydrogen) atoms. The van der Waals surface area contributed by atoms with Crippen LogP contribution >= 0.6 is 22.7 Å². The summed E-state index contributed by atoms with van der Waals surface area (Å²) in [5.41, 5.74) is 9.28. The Morgan fingerprint density at radius 1 is 0.441 bits per heavy atom. The second kappa shape index (κ2) is 13.8. The maximum Gasteiger partial charge on any atom is 0.220 e. The van der Waals surface area contributed by atoms with Gasteiger partial charge in [0.1, 0.15) is 6.07 Å². The van der Waals surface area contributed by atoms with E-state index in [1.54, 1.807) is 11.3 Å². The Hall–Kier alpha value is -8.85. The molecule has 0 bridgehead atoms. The molecule has 0 aliphatic heterocycles. The van der Waals surface area contributed by atoms with E-state index in [1.165, 1.54) is 35.6 Å². The summed E-state index contributed by atoms with van der Waals surface area (Å²) in [4.78, 5) is 9.53. The van der Waals surface area contributed by atoms with E-state index in [0.717, 1.165) is 92.2 Å². The lowest BCUT2D eigenvalue weighted by Gasteiger charge is -2.25. The van der Waals surface area contributed by atoms with E-state index in [9.17, 15) is 11.8 Å². The molecule has 0 saturated heterocycles. The molecular formula is C61H31N5S2. The first kappa shape index (κ1) is 37.4. The number of aromatic nitrogens is 3. The van der Waals surface area contributed by atoms with Gasteiger partial charge in [0, 0.05) is 79.9 Å². The van der Waals surface area contributed by atoms with Crippen molar-refractivity contribution in [2.24, 2.45) is 0 Å². The SMILES string of the molecule is [C-]#[N+]c1c(-c2ccccc2)c(C#N)c(-n2c3ccc4sc5ccccc5c4c3c3ccc4c5ccccc5sc4c32)c(-c2ccccc2)c1-n1c2cccc3c4ccccc4c4cncc1c4c32. The van der Waals surface area contributed by atoms with Crippen molar-refractivity contribution in [2.45, 2.75) is 0 Å². The molecule has 5 heterocycles. The van der Waals surface area contributed by atoms with Crippen LogP contribution in [0.2, 0.25) is 0 Å². The molecule has 0 unspecified atom stereocenters. The summed E-state index contributed by atoms with van der Waals surface area (Å²) in [5, 5.41) is 25.8. The lowest BCUT2D eigenvalue weighted by atomic mass is 9.88. The van der Waals surface area contributed by atoms with Crippen molar-refractivity contribution in [3.8, 4) is 39.7 Å². The maximum absolute atomic E-state index is 12.1. The van der Waals surface area contributed by atoms with E-state index in [1.807, 2.05) is 60.1 Å². The van der Waals surface area contributed by atoms with Gasteiger partial charge in [-0.05, 0) is 57.6 Å². The Labute approximate surface area is 396 Å². The van der Waals surface area contributed by atoms with Crippen LogP contribution in [0.25, 0.3) is 144 Å². The third-order valence-electron chi connectivity index (χ3n) is 14.2. The van der Waals surface area contributed by atoms with Crippen LogP contribution in [-0.2, 0) is 0 Å². The molecule has 312 valence electrons. The van der Waals surface area contributed by atoms with Crippen molar-refractivity contribution in [1.82, 2.24) is 14.1 Å². The summed E-state index contributed by atoms with van der Waals surface area (Å²) in [6.07, 6.45) is 3.94. The Bertz CT molecular complexity index is 4660. The van der Waals surface area contributed by atoms with Crippen LogP contribution in [0.4, 0.5) is 5.69 Å². The zero-order valence-electron chi connectivity index (χ0n) is 36.0. The molecular weight excluding hydrogens is 867 g/mol. The number of thiophene rings is 2. The minimum atomic E-state index is 0.403. The monoisotopic (exact) mass is 897 g/mol. The van der Waals surface area contributed by atoms with Crippen LogP contribution in [0.3, 0.4) is 0 Å². The van der Waals surface area contributed by atoms with Gasteiger partial charge in [0.25, 0.3) is 0 Å². The number of hydrogen-bond acceptors (Lipinski definition) is 4. The average molecular weight is 898 g/mol. The van der Waals surface area contributed by atoms with E-state index in [2.05, 4.69) is 160 Å². The van der Waals surface area contributed by atoms with Crippen LogP contribution in [0.5, 0.6) is 0 Å². The number of pyridine rings is 1. The first-order valence-electron chi connectivity index (χ1n) is 22.5. The lowest BCUT2D eigenvalue weighted by Crippen LogP contribution is -2.09. The predicted molar refractivity (Wildman–Crippen MR) is 287 cm³/mol. The standard InChI is InChI=1S/C61H31N5S2/c1-63-57-51(34-15-4-2-5-16-34)43(31-62)58(52(35-17-6-3-7-18-35)60(57)65-45-24-14-23-39-36-19-8-9-20-37(36)44-32-64-33-47(65)55(44)53(39)45)66-46-29-30-50-56(41-22-11-13-26-49(41)67-50)54(46)42-28-27-40-38-21-10-12-25-48(38)68-61(40)59(42)66/h2-30,32-33H. The number of nitriles is 1. The highest BCUT2D eigenvalue weighted by molar-refractivity contribution is 7.27. The highest BCUT2D eigenvalue weighted by atomic mass is 32.1. The predicted octanol–water partition coefficient (Wildman–Crippen LogP) is 17.5. The molecule has 0 saturated carbocycles. The van der Waals surface area contributed by atoms with Gasteiger partial charge in [-0.3, -0.25) is 4.98 Å². The topological polar surface area (TPSA) is 50.9 Å². The zero-order chi connectivity index (χ0) is 44.8. The van der Waals surface area contributed by atoms with Crippen molar-refractivity contribution >= 4 is 134 Å². The summed E-state index contributed by atoms with van der Waals surface area (Å²) < 4.78 is 9.47. The molecule has 7 heteroatoms. The Morgan fingerprint density at radius 3 is 1.79 bits per heavy atom. The summed E-state index contributed by atoms with van der Waals surface area (Å²) in [7, 11) is 0. The number of fused-ring (bicyclic) bond motifs is 14. The maximum atomic E-state index is 12.1. The molecule has 0 amide bonds. The molecule has 0 spiro atoms. The summed E-state index contributed by atoms with van der Waals surface area (Å²) in [6.45, 7) is 9.34. The smallest absolute Gasteiger partial charge is 0.220 e. The van der Waals surface area contributed by atoms with E-state index < -0.39 is 0 Å². The number of rotatable bonds is 4. The molecule has 0 radical (unpaired) electrons. The van der Waals surface area contributed by atoms with Gasteiger partial charge in [-0.1, -0.05) is 146 Å². The second-order valence-electron chi connectivity index (χ2n) is 17.5. The first-order chi connectivity index (χ1) is 33.7. The van der Waals surface area contributed by atoms with Gasteiger partial charge in [-0.25, -0.2) is 4.85 Å². The Kier molecular flexibility index (Phi) is 7.61. The number of nitrogens with zero attached hydrogens (tertiary/aromatic N) is 5. The fourth-order valence-corrected chi connectivity index (χ4v) is 13.9. The molecule has 5 aromatic heterocycles. The molecule has 0 aliphatic carbocycles. The van der Waals surface area contributed by atoms with Crippen molar-refractivity contribution in [3.63, 3.8) is 0 Å². The minimum absolute atomic E-state index is 0.403. The van der Waals surface area contributed by atoms with E-state index in [4.69, 9.17) is 4.98 Å². The molecule has 0 fully saturated rings. The normalized spacial score (nSPS) is 12.1. The van der Waals surface area contributed by atoms with Crippen LogP contribution in [0, 0.1) is 17.9 Å². The summed E-state index contributed by atoms with van der Waals surface area (Å²) >= 11 is 3.61. The summed E-state index contributed by atoms with van der Waals surface area (Å²) in [5.74, 6) is 0. The van der Waals surface area contributed by atoms with Gasteiger partial charge in [-0.15, -0.1) is 22.7 Å². The number of benzene rings is 10. The van der Waals surface area contributed by atoms with Gasteiger partial charge >= 0.3 is 0 Å². The fourth-order valence-electron chi connectivity index (χ4n) is 11.6. The third kappa shape index (κ3) is 4.78. The van der Waals surface area contributed by atoms with Crippen LogP contribution < -0.4 is 0 Å². The average Bonchev–Trinajstić information content (AvgIpc) is 4.16. The van der Waals surface area contributed by atoms with Crippen molar-refractivity contribution in [1.29, 1.82) is 5.26 Å². The van der Waals surface area contributed by atoms with Crippen molar-refractivity contribution < 1.29 is 0 Å². The molecule has 0 atom stereocenters. The molecule has 0 N–H and O–H groups in total. The molecule has 0 aliphatic rings. The Balaban J connectivity index is 1.25. The van der Waals surface area contributed by atoms with Crippen molar-refractivity contribution in [3.05, 3.63) is 205 Å². The number of hydrogen-bond donors (Lipinski definition) is 0. The van der Waals surface area contributed by atoms with Gasteiger partial charge in [-0.2, -0.15) is 5.26 Å². The van der Waals surface area contributed by atoms with Crippen LogP contribution in [-0.4, -0.2) is 14.1 Å². The molecule has 15 rings (SSSR count). The van der Waals surface area contributed by atoms with Crippen molar-refractivity contribution in [2.75, 3.05) is 0 Å². The first-order valence-corrected chi connectivity index (χ1v) is 24.2. The highest BCUT2D eigenvalue weighted by Gasteiger charge is 2.33. The van der Waals surface area contributed by atoms with Gasteiger partial charge in [0.15, 0.2) is 0 Å². The molecule has 10 aromatic carbocycles. The van der Waals surface area contributed by atoms with Gasteiger partial charge in [0.2, 0.25) is 5.69 Å². The fraction of sp³-hybridized carbons (Fsp3) is 0. The van der Waals surface area contributed by atoms with Crippen LogP contribution in [0.15, 0.2) is 188 Å². The third-order valence-corrected chi connectivity index (χ3v) is 16.5. The quantitative estimate of drug-likeness (QED) is 0.131. The van der Waals surface area contributed by atoms with E-state index in [-0.39, 0.29) is 0 Å². The lowest BCUT2D eigenvalue weighted by molar-refractivity contribution is 1.13. The second-order valence-corrected chi connectivity index (χ2v) is 19.6. The largest absolute Gasteiger partial charge is 0.317 e. The van der Waals surface area contributed by atoms with Crippen LogP contribution in [0.1, 0.15) is 5.56 Å².